The standard InChI is InChI=1S/C9H15ClN2O3/c1-6(10)8(13)12-4-3-7(5-12)11-9(14)15-2/h6-7H,3-5H2,1-2H3,(H,11,14). The second kappa shape index (κ2) is 5.21. The average molecular weight is 235 g/mol. The highest BCUT2D eigenvalue weighted by atomic mass is 35.5. The lowest BCUT2D eigenvalue weighted by Gasteiger charge is -2.17. The van der Waals surface area contributed by atoms with E-state index >= 15 is 0 Å². The SMILES string of the molecule is COC(=O)NC1CCN(C(=O)C(C)Cl)C1. The number of carbonyl (C=O) groups excluding carboxylic acids is 2. The van der Waals surface area contributed by atoms with Crippen molar-refractivity contribution in [2.24, 2.45) is 0 Å². The van der Waals surface area contributed by atoms with E-state index in [1.54, 1.807) is 11.8 Å². The van der Waals surface area contributed by atoms with Gasteiger partial charge in [-0.1, -0.05) is 0 Å². The molecule has 2 amide bonds. The maximum Gasteiger partial charge on any atom is 0.407 e. The molecular weight excluding hydrogens is 220 g/mol. The van der Waals surface area contributed by atoms with Gasteiger partial charge < -0.3 is 15.0 Å². The quantitative estimate of drug-likeness (QED) is 0.711. The number of nitrogens with zero attached hydrogens (tertiary/aromatic N) is 1. The van der Waals surface area contributed by atoms with Crippen molar-refractivity contribution in [3.8, 4) is 0 Å². The van der Waals surface area contributed by atoms with E-state index in [9.17, 15) is 9.59 Å². The summed E-state index contributed by atoms with van der Waals surface area (Å²) in [4.78, 5) is 24.1. The Kier molecular flexibility index (Phi) is 4.20. The maximum atomic E-state index is 11.5. The van der Waals surface area contributed by atoms with E-state index in [1.165, 1.54) is 7.11 Å². The normalized spacial score (nSPS) is 22.3. The summed E-state index contributed by atoms with van der Waals surface area (Å²) in [7, 11) is 1.31. The molecule has 0 aliphatic carbocycles. The monoisotopic (exact) mass is 234 g/mol. The lowest BCUT2D eigenvalue weighted by Crippen LogP contribution is -2.39. The number of likely N-dealkylation sites (tertiary alicyclic amines) is 1. The van der Waals surface area contributed by atoms with Crippen LogP contribution in [-0.4, -0.2) is 48.5 Å². The van der Waals surface area contributed by atoms with Gasteiger partial charge in [-0.2, -0.15) is 0 Å². The van der Waals surface area contributed by atoms with Crippen molar-refractivity contribution in [1.29, 1.82) is 0 Å². The van der Waals surface area contributed by atoms with Crippen LogP contribution in [0.1, 0.15) is 13.3 Å². The van der Waals surface area contributed by atoms with Gasteiger partial charge in [-0.25, -0.2) is 4.79 Å². The lowest BCUT2D eigenvalue weighted by molar-refractivity contribution is -0.129. The van der Waals surface area contributed by atoms with Crippen LogP contribution in [-0.2, 0) is 9.53 Å². The zero-order valence-electron chi connectivity index (χ0n) is 8.83. The number of methoxy groups -OCH3 is 1. The number of halogens is 1. The Bertz CT molecular complexity index is 258. The fourth-order valence-electron chi connectivity index (χ4n) is 1.56. The third kappa shape index (κ3) is 3.27. The summed E-state index contributed by atoms with van der Waals surface area (Å²) in [6.45, 7) is 2.78. The Morgan fingerprint density at radius 2 is 2.27 bits per heavy atom. The molecule has 1 saturated heterocycles. The molecule has 2 atom stereocenters. The molecule has 0 aromatic carbocycles. The van der Waals surface area contributed by atoms with Crippen molar-refractivity contribution in [1.82, 2.24) is 10.2 Å². The van der Waals surface area contributed by atoms with E-state index in [1.807, 2.05) is 0 Å². The van der Waals surface area contributed by atoms with Crippen LogP contribution in [0.5, 0.6) is 0 Å². The third-order valence-electron chi connectivity index (χ3n) is 2.35. The molecular formula is C9H15ClN2O3. The Hall–Kier alpha value is -0.970. The van der Waals surface area contributed by atoms with E-state index in [2.05, 4.69) is 10.1 Å². The van der Waals surface area contributed by atoms with Crippen LogP contribution in [0.4, 0.5) is 4.79 Å². The first-order chi connectivity index (χ1) is 7.04. The molecule has 0 bridgehead atoms. The van der Waals surface area contributed by atoms with Crippen LogP contribution in [0.15, 0.2) is 0 Å². The third-order valence-corrected chi connectivity index (χ3v) is 2.53. The van der Waals surface area contributed by atoms with Gasteiger partial charge in [0.15, 0.2) is 0 Å². The molecule has 1 N–H and O–H groups in total. The molecule has 1 fully saturated rings. The maximum absolute atomic E-state index is 11.5. The summed E-state index contributed by atoms with van der Waals surface area (Å²) < 4.78 is 4.48. The summed E-state index contributed by atoms with van der Waals surface area (Å²) in [5.74, 6) is -0.0918. The number of carbonyl (C=O) groups is 2. The molecule has 0 saturated carbocycles. The smallest absolute Gasteiger partial charge is 0.407 e. The number of ether oxygens (including phenoxy) is 1. The summed E-state index contributed by atoms with van der Waals surface area (Å²) in [5, 5.41) is 2.14. The van der Waals surface area contributed by atoms with Gasteiger partial charge in [-0.15, -0.1) is 11.6 Å². The van der Waals surface area contributed by atoms with Gasteiger partial charge in [-0.05, 0) is 13.3 Å². The molecule has 1 aliphatic heterocycles. The van der Waals surface area contributed by atoms with Crippen molar-refractivity contribution in [3.05, 3.63) is 0 Å². The second-order valence-electron chi connectivity index (χ2n) is 3.52. The molecule has 6 heteroatoms. The number of hydrogen-bond donors (Lipinski definition) is 1. The number of alkyl carbamates (subject to hydrolysis) is 1. The molecule has 0 aromatic heterocycles. The van der Waals surface area contributed by atoms with Gasteiger partial charge in [0.05, 0.1) is 13.2 Å². The number of alkyl halides is 1. The fourth-order valence-corrected chi connectivity index (χ4v) is 1.69. The topological polar surface area (TPSA) is 58.6 Å². The summed E-state index contributed by atoms with van der Waals surface area (Å²) in [5.41, 5.74) is 0. The van der Waals surface area contributed by atoms with Crippen LogP contribution in [0.3, 0.4) is 0 Å². The molecule has 1 rings (SSSR count). The molecule has 1 heterocycles. The van der Waals surface area contributed by atoms with Gasteiger partial charge in [0.1, 0.15) is 5.38 Å². The Labute approximate surface area is 93.7 Å². The number of amides is 2. The van der Waals surface area contributed by atoms with Crippen molar-refractivity contribution in [3.63, 3.8) is 0 Å². The summed E-state index contributed by atoms with van der Waals surface area (Å²) >= 11 is 5.69. The Morgan fingerprint density at radius 1 is 1.60 bits per heavy atom. The van der Waals surface area contributed by atoms with Crippen LogP contribution in [0.25, 0.3) is 0 Å². The van der Waals surface area contributed by atoms with E-state index in [4.69, 9.17) is 11.6 Å². The molecule has 0 radical (unpaired) electrons. The van der Waals surface area contributed by atoms with Crippen molar-refractivity contribution >= 4 is 23.6 Å². The minimum absolute atomic E-state index is 0.0307. The van der Waals surface area contributed by atoms with Crippen LogP contribution in [0.2, 0.25) is 0 Å². The van der Waals surface area contributed by atoms with E-state index < -0.39 is 11.5 Å². The zero-order chi connectivity index (χ0) is 11.4. The average Bonchev–Trinajstić information content (AvgIpc) is 2.64. The highest BCUT2D eigenvalue weighted by Crippen LogP contribution is 2.12. The largest absolute Gasteiger partial charge is 0.453 e. The molecule has 1 aliphatic rings. The van der Waals surface area contributed by atoms with Gasteiger partial charge in [0.25, 0.3) is 0 Å². The lowest BCUT2D eigenvalue weighted by atomic mass is 10.3. The Morgan fingerprint density at radius 3 is 2.80 bits per heavy atom. The van der Waals surface area contributed by atoms with Gasteiger partial charge in [0, 0.05) is 13.1 Å². The number of hydrogen-bond acceptors (Lipinski definition) is 3. The van der Waals surface area contributed by atoms with Crippen LogP contribution < -0.4 is 5.32 Å². The first-order valence-electron chi connectivity index (χ1n) is 4.82. The summed E-state index contributed by atoms with van der Waals surface area (Å²) in [6.07, 6.45) is 0.276. The molecule has 86 valence electrons. The number of rotatable bonds is 2. The van der Waals surface area contributed by atoms with E-state index in [0.717, 1.165) is 6.42 Å². The fraction of sp³-hybridized carbons (Fsp3) is 0.778. The molecule has 15 heavy (non-hydrogen) atoms. The van der Waals surface area contributed by atoms with Gasteiger partial charge in [0.2, 0.25) is 5.91 Å². The first kappa shape index (κ1) is 12.1. The highest BCUT2D eigenvalue weighted by molar-refractivity contribution is 6.30. The highest BCUT2D eigenvalue weighted by Gasteiger charge is 2.29. The number of nitrogens with one attached hydrogen (secondary N) is 1. The van der Waals surface area contributed by atoms with Gasteiger partial charge in [-0.3, -0.25) is 4.79 Å². The van der Waals surface area contributed by atoms with Crippen LogP contribution >= 0.6 is 11.6 Å². The van der Waals surface area contributed by atoms with Crippen molar-refractivity contribution < 1.29 is 14.3 Å². The predicted octanol–water partition coefficient (Wildman–Crippen LogP) is 0.571. The van der Waals surface area contributed by atoms with Crippen molar-refractivity contribution in [2.75, 3.05) is 20.2 Å². The second-order valence-corrected chi connectivity index (χ2v) is 4.18. The summed E-state index contributed by atoms with van der Waals surface area (Å²) in [6, 6.07) is -0.0307. The molecule has 0 spiro atoms. The van der Waals surface area contributed by atoms with Crippen molar-refractivity contribution in [2.45, 2.75) is 24.8 Å². The molecule has 2 unspecified atom stereocenters. The Balaban J connectivity index is 2.39. The minimum atomic E-state index is -0.512. The first-order valence-corrected chi connectivity index (χ1v) is 5.25. The molecule has 5 nitrogen and oxygen atoms in total. The van der Waals surface area contributed by atoms with Crippen LogP contribution in [0, 0.1) is 0 Å². The molecule has 0 aromatic rings. The van der Waals surface area contributed by atoms with E-state index in [0.29, 0.717) is 13.1 Å². The van der Waals surface area contributed by atoms with Gasteiger partial charge >= 0.3 is 6.09 Å². The predicted molar refractivity (Wildman–Crippen MR) is 55.8 cm³/mol. The van der Waals surface area contributed by atoms with E-state index in [-0.39, 0.29) is 11.9 Å². The zero-order valence-corrected chi connectivity index (χ0v) is 9.58. The minimum Gasteiger partial charge on any atom is -0.453 e.